The van der Waals surface area contributed by atoms with Crippen molar-refractivity contribution >= 4 is 5.65 Å². The van der Waals surface area contributed by atoms with E-state index in [1.807, 2.05) is 43.3 Å². The zero-order valence-electron chi connectivity index (χ0n) is 13.0. The molecule has 0 saturated heterocycles. The molecule has 0 radical (unpaired) electrons. The van der Waals surface area contributed by atoms with E-state index in [2.05, 4.69) is 10.1 Å². The predicted molar refractivity (Wildman–Crippen MR) is 93.1 cm³/mol. The molecule has 0 spiro atoms. The lowest BCUT2D eigenvalue weighted by Crippen LogP contribution is -2.14. The second-order valence-electron chi connectivity index (χ2n) is 5.67. The maximum absolute atomic E-state index is 12.5. The highest BCUT2D eigenvalue weighted by atomic mass is 16.3. The first-order valence-electron chi connectivity index (χ1n) is 7.61. The largest absolute Gasteiger partial charge is 0.508 e. The van der Waals surface area contributed by atoms with Gasteiger partial charge in [0.25, 0.3) is 5.56 Å². The van der Waals surface area contributed by atoms with Crippen molar-refractivity contribution in [2.24, 2.45) is 0 Å². The Balaban J connectivity index is 1.96. The lowest BCUT2D eigenvalue weighted by Gasteiger charge is -2.04. The monoisotopic (exact) mass is 317 g/mol. The lowest BCUT2D eigenvalue weighted by atomic mass is 10.1. The molecule has 0 atom stereocenters. The van der Waals surface area contributed by atoms with Gasteiger partial charge in [0, 0.05) is 22.8 Å². The van der Waals surface area contributed by atoms with Crippen LogP contribution in [0.1, 0.15) is 5.56 Å². The Bertz CT molecular complexity index is 1090. The van der Waals surface area contributed by atoms with Gasteiger partial charge >= 0.3 is 0 Å². The summed E-state index contributed by atoms with van der Waals surface area (Å²) in [7, 11) is 0. The second kappa shape index (κ2) is 5.38. The number of benzene rings is 2. The van der Waals surface area contributed by atoms with E-state index >= 15 is 0 Å². The van der Waals surface area contributed by atoms with Crippen LogP contribution in [-0.4, -0.2) is 19.7 Å². The highest BCUT2D eigenvalue weighted by Crippen LogP contribution is 2.26. The van der Waals surface area contributed by atoms with Gasteiger partial charge in [-0.05, 0) is 19.1 Å². The Morgan fingerprint density at radius 2 is 1.75 bits per heavy atom. The number of rotatable bonds is 2. The summed E-state index contributed by atoms with van der Waals surface area (Å²) in [6.07, 6.45) is 0. The third-order valence-electron chi connectivity index (χ3n) is 4.06. The van der Waals surface area contributed by atoms with Crippen molar-refractivity contribution in [3.63, 3.8) is 0 Å². The van der Waals surface area contributed by atoms with Crippen molar-refractivity contribution in [2.45, 2.75) is 6.92 Å². The Morgan fingerprint density at radius 3 is 2.50 bits per heavy atom. The number of phenols is 1. The van der Waals surface area contributed by atoms with Gasteiger partial charge in [-0.2, -0.15) is 9.61 Å². The van der Waals surface area contributed by atoms with Crippen LogP contribution in [0.25, 0.3) is 28.2 Å². The zero-order chi connectivity index (χ0) is 16.7. The van der Waals surface area contributed by atoms with Gasteiger partial charge in [-0.1, -0.05) is 42.5 Å². The van der Waals surface area contributed by atoms with Crippen LogP contribution in [0, 0.1) is 6.92 Å². The summed E-state index contributed by atoms with van der Waals surface area (Å²) in [4.78, 5) is 15.7. The van der Waals surface area contributed by atoms with Gasteiger partial charge in [-0.15, -0.1) is 0 Å². The second-order valence-corrected chi connectivity index (χ2v) is 5.67. The maximum Gasteiger partial charge on any atom is 0.274 e. The summed E-state index contributed by atoms with van der Waals surface area (Å²) >= 11 is 0. The number of hydrogen-bond donors (Lipinski definition) is 2. The molecule has 24 heavy (non-hydrogen) atoms. The van der Waals surface area contributed by atoms with Gasteiger partial charge in [0.05, 0.1) is 11.4 Å². The van der Waals surface area contributed by atoms with Crippen molar-refractivity contribution in [1.29, 1.82) is 0 Å². The van der Waals surface area contributed by atoms with Gasteiger partial charge in [0.2, 0.25) is 0 Å². The summed E-state index contributed by atoms with van der Waals surface area (Å²) < 4.78 is 1.38. The van der Waals surface area contributed by atoms with Crippen LogP contribution in [0.5, 0.6) is 5.75 Å². The third kappa shape index (κ3) is 2.27. The molecular weight excluding hydrogens is 302 g/mol. The van der Waals surface area contributed by atoms with Gasteiger partial charge in [-0.25, -0.2) is 0 Å². The van der Waals surface area contributed by atoms with Crippen molar-refractivity contribution in [2.75, 3.05) is 0 Å². The average Bonchev–Trinajstić information content (AvgIpc) is 2.93. The molecule has 2 aromatic carbocycles. The number of phenolic OH excluding ortho intramolecular Hbond substituents is 1. The Labute approximate surface area is 137 Å². The molecule has 0 saturated carbocycles. The van der Waals surface area contributed by atoms with Crippen LogP contribution >= 0.6 is 0 Å². The van der Waals surface area contributed by atoms with Crippen LogP contribution in [0.2, 0.25) is 0 Å². The number of nitrogens with one attached hydrogen (secondary N) is 1. The van der Waals surface area contributed by atoms with Gasteiger partial charge in [-0.3, -0.25) is 4.79 Å². The molecule has 4 aromatic rings. The first kappa shape index (κ1) is 14.3. The SMILES string of the molecule is Cc1c(-c2ccccc2)nn2c(=O)cc(-c3cccc(O)c3)[nH]c12. The number of nitrogens with zero attached hydrogens (tertiary/aromatic N) is 2. The van der Waals surface area contributed by atoms with Gasteiger partial charge in [0.15, 0.2) is 0 Å². The molecule has 0 aliphatic carbocycles. The molecule has 5 heteroatoms. The topological polar surface area (TPSA) is 70.4 Å². The molecule has 2 aromatic heterocycles. The number of aromatic nitrogens is 3. The Kier molecular flexibility index (Phi) is 3.20. The van der Waals surface area contributed by atoms with E-state index < -0.39 is 0 Å². The normalized spacial score (nSPS) is 11.0. The molecule has 0 bridgehead atoms. The minimum Gasteiger partial charge on any atom is -0.508 e. The zero-order valence-corrected chi connectivity index (χ0v) is 13.0. The molecule has 0 amide bonds. The number of aromatic hydroxyl groups is 1. The number of aryl methyl sites for hydroxylation is 1. The summed E-state index contributed by atoms with van der Waals surface area (Å²) in [6, 6.07) is 18.0. The van der Waals surface area contributed by atoms with E-state index in [0.29, 0.717) is 11.3 Å². The van der Waals surface area contributed by atoms with Crippen LogP contribution < -0.4 is 5.56 Å². The van der Waals surface area contributed by atoms with E-state index in [1.165, 1.54) is 10.6 Å². The fraction of sp³-hybridized carbons (Fsp3) is 0.0526. The molecule has 5 nitrogen and oxygen atoms in total. The van der Waals surface area contributed by atoms with Crippen LogP contribution in [0.4, 0.5) is 0 Å². The highest BCUT2D eigenvalue weighted by Gasteiger charge is 2.14. The van der Waals surface area contributed by atoms with E-state index in [4.69, 9.17) is 0 Å². The number of H-pyrrole nitrogens is 1. The maximum atomic E-state index is 12.5. The number of fused-ring (bicyclic) bond motifs is 1. The molecule has 2 N–H and O–H groups in total. The summed E-state index contributed by atoms with van der Waals surface area (Å²) in [5.74, 6) is 0.156. The Hall–Kier alpha value is -3.34. The van der Waals surface area contributed by atoms with Crippen molar-refractivity contribution in [3.05, 3.63) is 76.6 Å². The Morgan fingerprint density at radius 1 is 1.00 bits per heavy atom. The van der Waals surface area contributed by atoms with E-state index in [-0.39, 0.29) is 11.3 Å². The highest BCUT2D eigenvalue weighted by molar-refractivity contribution is 5.72. The number of aromatic amines is 1. The molecular formula is C19H15N3O2. The minimum atomic E-state index is -0.215. The van der Waals surface area contributed by atoms with Crippen molar-refractivity contribution < 1.29 is 5.11 Å². The van der Waals surface area contributed by atoms with E-state index in [1.54, 1.807) is 18.2 Å². The van der Waals surface area contributed by atoms with E-state index in [0.717, 1.165) is 22.4 Å². The quantitative estimate of drug-likeness (QED) is 0.595. The molecule has 118 valence electrons. The lowest BCUT2D eigenvalue weighted by molar-refractivity contribution is 0.475. The first-order chi connectivity index (χ1) is 11.6. The van der Waals surface area contributed by atoms with Crippen LogP contribution in [0.3, 0.4) is 0 Å². The predicted octanol–water partition coefficient (Wildman–Crippen LogP) is 3.37. The van der Waals surface area contributed by atoms with Crippen LogP contribution in [-0.2, 0) is 0 Å². The van der Waals surface area contributed by atoms with Crippen molar-refractivity contribution in [1.82, 2.24) is 14.6 Å². The van der Waals surface area contributed by atoms with Gasteiger partial charge < -0.3 is 10.1 Å². The van der Waals surface area contributed by atoms with E-state index in [9.17, 15) is 9.90 Å². The van der Waals surface area contributed by atoms with Crippen LogP contribution in [0.15, 0.2) is 65.5 Å². The molecule has 0 unspecified atom stereocenters. The molecule has 4 rings (SSSR count). The standard InChI is InChI=1S/C19H15N3O2/c1-12-18(13-6-3-2-4-7-13)21-22-17(24)11-16(20-19(12)22)14-8-5-9-15(23)10-14/h2-11,20,23H,1H3. The molecule has 0 aliphatic rings. The summed E-state index contributed by atoms with van der Waals surface area (Å²) in [6.45, 7) is 1.94. The minimum absolute atomic E-state index is 0.156. The summed E-state index contributed by atoms with van der Waals surface area (Å²) in [5, 5.41) is 14.1. The smallest absolute Gasteiger partial charge is 0.274 e. The van der Waals surface area contributed by atoms with Crippen molar-refractivity contribution in [3.8, 4) is 28.3 Å². The molecule has 0 fully saturated rings. The molecule has 2 heterocycles. The van der Waals surface area contributed by atoms with Gasteiger partial charge in [0.1, 0.15) is 11.4 Å². The average molecular weight is 317 g/mol. The number of hydrogen-bond acceptors (Lipinski definition) is 3. The first-order valence-corrected chi connectivity index (χ1v) is 7.61. The fourth-order valence-corrected chi connectivity index (χ4v) is 2.85. The molecule has 0 aliphatic heterocycles. The fourth-order valence-electron chi connectivity index (χ4n) is 2.85. The third-order valence-corrected chi connectivity index (χ3v) is 4.06. The summed E-state index contributed by atoms with van der Waals surface area (Å²) in [5.41, 5.74) is 4.47.